The molecule has 0 radical (unpaired) electrons. The van der Waals surface area contributed by atoms with Gasteiger partial charge in [0.05, 0.1) is 0 Å². The molecule has 2 unspecified atom stereocenters. The third-order valence-corrected chi connectivity index (χ3v) is 7.62. The van der Waals surface area contributed by atoms with Gasteiger partial charge in [-0.05, 0) is 53.7 Å². The summed E-state index contributed by atoms with van der Waals surface area (Å²) >= 11 is 0. The van der Waals surface area contributed by atoms with Gasteiger partial charge in [-0.1, -0.05) is 60.3 Å². The van der Waals surface area contributed by atoms with E-state index in [2.05, 4.69) is 34.6 Å². The Morgan fingerprint density at radius 2 is 1.75 bits per heavy atom. The molecule has 0 spiro atoms. The molecule has 28 heavy (non-hydrogen) atoms. The molecule has 0 aliphatic heterocycles. The van der Waals surface area contributed by atoms with Gasteiger partial charge in [0.25, 0.3) is 0 Å². The van der Waals surface area contributed by atoms with E-state index < -0.39 is 0 Å². The Morgan fingerprint density at radius 3 is 2.36 bits per heavy atom. The molecule has 2 saturated carbocycles. The maximum atomic E-state index is 12.6. The topological polar surface area (TPSA) is 57.5 Å². The minimum Gasteiger partial charge on any atom is -0.508 e. The van der Waals surface area contributed by atoms with E-state index in [1.807, 2.05) is 12.1 Å². The molecule has 0 saturated heterocycles. The Morgan fingerprint density at radius 1 is 1.11 bits per heavy atom. The molecular formula is C25H38O3. The second-order valence-electron chi connectivity index (χ2n) is 10.6. The van der Waals surface area contributed by atoms with Gasteiger partial charge in [-0.15, -0.1) is 0 Å². The average molecular weight is 387 g/mol. The molecule has 3 atom stereocenters. The molecule has 0 heterocycles. The second-order valence-corrected chi connectivity index (χ2v) is 10.6. The first-order valence-corrected chi connectivity index (χ1v) is 11.2. The number of hydrogen-bond acceptors (Lipinski definition) is 3. The van der Waals surface area contributed by atoms with Crippen LogP contribution in [0.3, 0.4) is 0 Å². The van der Waals surface area contributed by atoms with Gasteiger partial charge in [0, 0.05) is 23.8 Å². The second kappa shape index (κ2) is 7.72. The summed E-state index contributed by atoms with van der Waals surface area (Å²) in [5.41, 5.74) is 1.55. The zero-order valence-electron chi connectivity index (χ0n) is 18.3. The van der Waals surface area contributed by atoms with Gasteiger partial charge in [0.15, 0.2) is 0 Å². The van der Waals surface area contributed by atoms with Crippen LogP contribution >= 0.6 is 0 Å². The van der Waals surface area contributed by atoms with Crippen molar-refractivity contribution < 1.29 is 15.0 Å². The molecule has 1 aromatic rings. The summed E-state index contributed by atoms with van der Waals surface area (Å²) in [6, 6.07) is 3.68. The lowest BCUT2D eigenvalue weighted by atomic mass is 9.68. The third kappa shape index (κ3) is 3.95. The molecule has 0 aromatic heterocycles. The van der Waals surface area contributed by atoms with Gasteiger partial charge in [-0.3, -0.25) is 4.79 Å². The number of phenolic OH excluding ortho intramolecular Hbond substituents is 2. The minimum absolute atomic E-state index is 0.0671. The first-order valence-electron chi connectivity index (χ1n) is 11.2. The highest BCUT2D eigenvalue weighted by atomic mass is 16.3. The number of ketones is 1. The Kier molecular flexibility index (Phi) is 5.85. The van der Waals surface area contributed by atoms with Crippen molar-refractivity contribution >= 4 is 5.78 Å². The SMILES string of the molecule is CCCCCCC(C)(C)c1cc(O)c([C@@H]2CC(=O)C3CC2C(C)(C)C3)c(O)c1. The number of aromatic hydroxyl groups is 2. The molecular weight excluding hydrogens is 348 g/mol. The Hall–Kier alpha value is -1.51. The maximum Gasteiger partial charge on any atom is 0.136 e. The van der Waals surface area contributed by atoms with Gasteiger partial charge in [0.2, 0.25) is 0 Å². The summed E-state index contributed by atoms with van der Waals surface area (Å²) in [6.07, 6.45) is 8.13. The number of rotatable bonds is 7. The van der Waals surface area contributed by atoms with Crippen molar-refractivity contribution in [2.75, 3.05) is 0 Å². The molecule has 0 amide bonds. The van der Waals surface area contributed by atoms with E-state index in [4.69, 9.17) is 0 Å². The highest BCUT2D eigenvalue weighted by Crippen LogP contribution is 2.59. The number of hydrogen-bond donors (Lipinski definition) is 2. The summed E-state index contributed by atoms with van der Waals surface area (Å²) in [4.78, 5) is 12.6. The van der Waals surface area contributed by atoms with Crippen LogP contribution in [0.4, 0.5) is 0 Å². The van der Waals surface area contributed by atoms with Gasteiger partial charge in [-0.2, -0.15) is 0 Å². The molecule has 2 aliphatic carbocycles. The molecule has 2 aliphatic rings. The van der Waals surface area contributed by atoms with Crippen molar-refractivity contribution in [2.45, 2.75) is 97.3 Å². The van der Waals surface area contributed by atoms with E-state index in [9.17, 15) is 15.0 Å². The normalized spacial score (nSPS) is 26.6. The molecule has 2 N–H and O–H groups in total. The number of phenols is 2. The van der Waals surface area contributed by atoms with E-state index in [1.54, 1.807) is 0 Å². The van der Waals surface area contributed by atoms with Crippen LogP contribution in [-0.2, 0) is 10.2 Å². The molecule has 2 fully saturated rings. The van der Waals surface area contributed by atoms with E-state index in [-0.39, 0.29) is 34.2 Å². The number of fused-ring (bicyclic) bond motifs is 2. The number of carbonyl (C=O) groups is 1. The Bertz CT molecular complexity index is 708. The largest absolute Gasteiger partial charge is 0.508 e. The molecule has 3 rings (SSSR count). The molecule has 156 valence electrons. The van der Waals surface area contributed by atoms with Crippen LogP contribution in [0.25, 0.3) is 0 Å². The first-order chi connectivity index (χ1) is 13.1. The standard InChI is InChI=1S/C25H38O3/c1-6-7-8-9-10-24(2,3)17-12-21(27)23(22(28)13-17)18-14-20(26)16-11-19(18)25(4,5)15-16/h12-13,16,18-19,27-28H,6-11,14-15H2,1-5H3/t16?,18-,19?/m1/s1. The minimum atomic E-state index is -0.0959. The van der Waals surface area contributed by atoms with Crippen LogP contribution < -0.4 is 0 Å². The van der Waals surface area contributed by atoms with Gasteiger partial charge in [-0.25, -0.2) is 0 Å². The lowest BCUT2D eigenvalue weighted by molar-refractivity contribution is -0.124. The monoisotopic (exact) mass is 386 g/mol. The fraction of sp³-hybridized carbons (Fsp3) is 0.720. The van der Waals surface area contributed by atoms with Gasteiger partial charge >= 0.3 is 0 Å². The predicted molar refractivity (Wildman–Crippen MR) is 114 cm³/mol. The van der Waals surface area contributed by atoms with Crippen LogP contribution in [0.1, 0.15) is 103 Å². The van der Waals surface area contributed by atoms with E-state index >= 15 is 0 Å². The maximum absolute atomic E-state index is 12.6. The van der Waals surface area contributed by atoms with Crippen molar-refractivity contribution in [3.63, 3.8) is 0 Å². The first kappa shape index (κ1) is 21.2. The highest BCUT2D eigenvalue weighted by molar-refractivity contribution is 5.84. The summed E-state index contributed by atoms with van der Waals surface area (Å²) in [6.45, 7) is 11.0. The van der Waals surface area contributed by atoms with Crippen molar-refractivity contribution in [1.82, 2.24) is 0 Å². The van der Waals surface area contributed by atoms with Gasteiger partial charge < -0.3 is 10.2 Å². The highest BCUT2D eigenvalue weighted by Gasteiger charge is 2.52. The number of carbonyl (C=O) groups excluding carboxylic acids is 1. The van der Waals surface area contributed by atoms with E-state index in [0.29, 0.717) is 23.7 Å². The lowest BCUT2D eigenvalue weighted by Gasteiger charge is -2.36. The average Bonchev–Trinajstić information content (AvgIpc) is 2.87. The number of benzene rings is 1. The molecule has 2 bridgehead atoms. The van der Waals surface area contributed by atoms with Crippen LogP contribution in [0.2, 0.25) is 0 Å². The van der Waals surface area contributed by atoms with E-state index in [1.165, 1.54) is 19.3 Å². The summed E-state index contributed by atoms with van der Waals surface area (Å²) in [7, 11) is 0. The summed E-state index contributed by atoms with van der Waals surface area (Å²) in [5.74, 6) is 1.04. The van der Waals surface area contributed by atoms with Crippen LogP contribution in [0.15, 0.2) is 12.1 Å². The van der Waals surface area contributed by atoms with Gasteiger partial charge in [0.1, 0.15) is 17.3 Å². The third-order valence-electron chi connectivity index (χ3n) is 7.62. The van der Waals surface area contributed by atoms with Crippen LogP contribution in [0, 0.1) is 17.3 Å². The number of Topliss-reactive ketones (excluding diaryl/α,β-unsaturated/α-hetero) is 1. The lowest BCUT2D eigenvalue weighted by Crippen LogP contribution is -2.28. The van der Waals surface area contributed by atoms with Crippen molar-refractivity contribution in [2.24, 2.45) is 17.3 Å². The zero-order valence-corrected chi connectivity index (χ0v) is 18.3. The summed E-state index contributed by atoms with van der Waals surface area (Å²) in [5, 5.41) is 21.8. The van der Waals surface area contributed by atoms with Crippen LogP contribution in [-0.4, -0.2) is 16.0 Å². The fourth-order valence-electron chi connectivity index (χ4n) is 5.81. The van der Waals surface area contributed by atoms with Crippen molar-refractivity contribution in [1.29, 1.82) is 0 Å². The quantitative estimate of drug-likeness (QED) is 0.529. The number of unbranched alkanes of at least 4 members (excludes halogenated alkanes) is 3. The molecule has 1 aromatic carbocycles. The molecule has 3 heteroatoms. The zero-order chi connectivity index (χ0) is 20.7. The van der Waals surface area contributed by atoms with Crippen molar-refractivity contribution in [3.8, 4) is 11.5 Å². The predicted octanol–water partition coefficient (Wildman–Crippen LogP) is 6.45. The van der Waals surface area contributed by atoms with E-state index in [0.717, 1.165) is 31.2 Å². The fourth-order valence-corrected chi connectivity index (χ4v) is 5.81. The molecule has 3 nitrogen and oxygen atoms in total. The van der Waals surface area contributed by atoms with Crippen molar-refractivity contribution in [3.05, 3.63) is 23.3 Å². The smallest absolute Gasteiger partial charge is 0.136 e. The Labute approximate surface area is 170 Å². The van der Waals surface area contributed by atoms with Crippen LogP contribution in [0.5, 0.6) is 11.5 Å². The Balaban J connectivity index is 1.87. The summed E-state index contributed by atoms with van der Waals surface area (Å²) < 4.78 is 0.